The topological polar surface area (TPSA) is 30.2 Å². The quantitative estimate of drug-likeness (QED) is 0.381. The van der Waals surface area contributed by atoms with E-state index < -0.39 is 11.7 Å². The Bertz CT molecular complexity index is 1150. The molecule has 3 heterocycles. The molecule has 0 fully saturated rings. The molecule has 0 bridgehead atoms. The molecule has 0 aliphatic carbocycles. The third-order valence-corrected chi connectivity index (χ3v) is 5.37. The zero-order chi connectivity index (χ0) is 19.2. The Morgan fingerprint density at radius 3 is 2.67 bits per heavy atom. The first-order valence-electron chi connectivity index (χ1n) is 8.05. The second kappa shape index (κ2) is 6.73. The third kappa shape index (κ3) is 3.61. The van der Waals surface area contributed by atoms with Gasteiger partial charge in [0.1, 0.15) is 0 Å². The summed E-state index contributed by atoms with van der Waals surface area (Å²) < 4.78 is 40.1. The highest BCUT2D eigenvalue weighted by Gasteiger charge is 2.31. The van der Waals surface area contributed by atoms with Crippen LogP contribution in [0.25, 0.3) is 16.6 Å². The number of aryl methyl sites for hydroxylation is 1. The summed E-state index contributed by atoms with van der Waals surface area (Å²) in [5, 5.41) is 1.91. The fraction of sp³-hybridized carbons (Fsp3) is 0.158. The molecule has 138 valence electrons. The van der Waals surface area contributed by atoms with Crippen LogP contribution in [0, 0.1) is 6.92 Å². The number of rotatable bonds is 3. The molecule has 4 aromatic rings. The number of imidazole rings is 1. The molecule has 8 heteroatoms. The molecule has 1 aromatic carbocycles. The van der Waals surface area contributed by atoms with Crippen molar-refractivity contribution in [3.8, 4) is 0 Å². The van der Waals surface area contributed by atoms with Gasteiger partial charge in [-0.1, -0.05) is 41.6 Å². The highest BCUT2D eigenvalue weighted by atomic mass is 35.5. The summed E-state index contributed by atoms with van der Waals surface area (Å²) in [5.41, 5.74) is 2.17. The summed E-state index contributed by atoms with van der Waals surface area (Å²) in [6, 6.07) is 10.8. The average molecular weight is 408 g/mol. The average Bonchev–Trinajstić information content (AvgIpc) is 3.03. The number of halogens is 4. The molecule has 27 heavy (non-hydrogen) atoms. The molecule has 3 nitrogen and oxygen atoms in total. The molecule has 0 saturated carbocycles. The van der Waals surface area contributed by atoms with Crippen molar-refractivity contribution in [2.75, 3.05) is 0 Å². The summed E-state index contributed by atoms with van der Waals surface area (Å²) >= 11 is 7.46. The maximum atomic E-state index is 12.9. The highest BCUT2D eigenvalue weighted by molar-refractivity contribution is 7.98. The van der Waals surface area contributed by atoms with E-state index in [1.54, 1.807) is 6.20 Å². The molecular weight excluding hydrogens is 395 g/mol. The Balaban J connectivity index is 1.62. The standard InChI is InChI=1S/C19H13ClF3N3S/c1-11-6-17(25-16-5-3-2-4-14(11)16)27-10-13-9-26-8-12(19(21,22)23)7-15(20)18(26)24-13/h2-9H,10H2,1H3. The number of hydrogen-bond acceptors (Lipinski definition) is 3. The van der Waals surface area contributed by atoms with E-state index in [1.807, 2.05) is 37.3 Å². The fourth-order valence-electron chi connectivity index (χ4n) is 2.87. The first-order chi connectivity index (χ1) is 12.8. The number of fused-ring (bicyclic) bond motifs is 2. The van der Waals surface area contributed by atoms with E-state index >= 15 is 0 Å². The van der Waals surface area contributed by atoms with Gasteiger partial charge in [0.25, 0.3) is 0 Å². The molecule has 0 aliphatic rings. The van der Waals surface area contributed by atoms with Crippen LogP contribution in [-0.2, 0) is 11.9 Å². The lowest BCUT2D eigenvalue weighted by Gasteiger charge is -2.07. The van der Waals surface area contributed by atoms with Gasteiger partial charge in [0.05, 0.1) is 26.8 Å². The number of hydrogen-bond donors (Lipinski definition) is 0. The SMILES string of the molecule is Cc1cc(SCc2cn3cc(C(F)(F)F)cc(Cl)c3n2)nc2ccccc12. The smallest absolute Gasteiger partial charge is 0.305 e. The van der Waals surface area contributed by atoms with Crippen molar-refractivity contribution in [3.63, 3.8) is 0 Å². The predicted octanol–water partition coefficient (Wildman–Crippen LogP) is 6.16. The molecule has 0 radical (unpaired) electrons. The van der Waals surface area contributed by atoms with Gasteiger partial charge in [-0.3, -0.25) is 0 Å². The molecular formula is C19H13ClF3N3S. The monoisotopic (exact) mass is 407 g/mol. The predicted molar refractivity (Wildman–Crippen MR) is 101 cm³/mol. The number of benzene rings is 1. The normalized spacial score (nSPS) is 12.2. The van der Waals surface area contributed by atoms with Crippen LogP contribution in [0.15, 0.2) is 53.8 Å². The van der Waals surface area contributed by atoms with Crippen LogP contribution in [0.5, 0.6) is 0 Å². The number of nitrogens with zero attached hydrogens (tertiary/aromatic N) is 3. The van der Waals surface area contributed by atoms with Crippen LogP contribution in [-0.4, -0.2) is 14.4 Å². The molecule has 0 unspecified atom stereocenters. The Morgan fingerprint density at radius 2 is 1.89 bits per heavy atom. The Hall–Kier alpha value is -2.25. The van der Waals surface area contributed by atoms with E-state index in [1.165, 1.54) is 16.2 Å². The minimum atomic E-state index is -4.45. The summed E-state index contributed by atoms with van der Waals surface area (Å²) in [4.78, 5) is 8.97. The van der Waals surface area contributed by atoms with Gasteiger partial charge >= 0.3 is 6.18 Å². The van der Waals surface area contributed by atoms with Gasteiger partial charge in [0.2, 0.25) is 0 Å². The highest BCUT2D eigenvalue weighted by Crippen LogP contribution is 2.33. The molecule has 0 spiro atoms. The van der Waals surface area contributed by atoms with Crippen LogP contribution in [0.2, 0.25) is 5.02 Å². The van der Waals surface area contributed by atoms with Gasteiger partial charge in [0, 0.05) is 23.5 Å². The van der Waals surface area contributed by atoms with Gasteiger partial charge in [-0.2, -0.15) is 13.2 Å². The lowest BCUT2D eigenvalue weighted by Crippen LogP contribution is -2.06. The molecule has 0 N–H and O–H groups in total. The minimum Gasteiger partial charge on any atom is -0.305 e. The van der Waals surface area contributed by atoms with E-state index in [0.29, 0.717) is 17.1 Å². The molecule has 3 aromatic heterocycles. The van der Waals surface area contributed by atoms with Crippen LogP contribution < -0.4 is 0 Å². The van der Waals surface area contributed by atoms with Crippen molar-refractivity contribution in [2.45, 2.75) is 23.9 Å². The maximum Gasteiger partial charge on any atom is 0.417 e. The Morgan fingerprint density at radius 1 is 1.11 bits per heavy atom. The first kappa shape index (κ1) is 18.1. The largest absolute Gasteiger partial charge is 0.417 e. The molecule has 0 aliphatic heterocycles. The lowest BCUT2D eigenvalue weighted by atomic mass is 10.1. The molecule has 0 atom stereocenters. The zero-order valence-electron chi connectivity index (χ0n) is 14.1. The van der Waals surface area contributed by atoms with E-state index in [4.69, 9.17) is 11.6 Å². The summed E-state index contributed by atoms with van der Waals surface area (Å²) in [6.07, 6.45) is -1.89. The molecule has 0 saturated heterocycles. The molecule has 4 rings (SSSR count). The van der Waals surface area contributed by atoms with Crippen LogP contribution >= 0.6 is 23.4 Å². The van der Waals surface area contributed by atoms with Gasteiger partial charge < -0.3 is 4.40 Å². The lowest BCUT2D eigenvalue weighted by molar-refractivity contribution is -0.137. The van der Waals surface area contributed by atoms with E-state index in [9.17, 15) is 13.2 Å². The summed E-state index contributed by atoms with van der Waals surface area (Å²) in [7, 11) is 0. The van der Waals surface area contributed by atoms with Gasteiger partial charge in [-0.15, -0.1) is 0 Å². The van der Waals surface area contributed by atoms with Crippen molar-refractivity contribution in [3.05, 3.63) is 70.6 Å². The van der Waals surface area contributed by atoms with Crippen molar-refractivity contribution in [1.29, 1.82) is 0 Å². The number of alkyl halides is 3. The van der Waals surface area contributed by atoms with Crippen molar-refractivity contribution >= 4 is 39.9 Å². The number of thioether (sulfide) groups is 1. The Labute approximate surface area is 162 Å². The number of aromatic nitrogens is 3. The third-order valence-electron chi connectivity index (χ3n) is 4.15. The summed E-state index contributed by atoms with van der Waals surface area (Å²) in [6.45, 7) is 2.03. The van der Waals surface area contributed by atoms with Gasteiger partial charge in [-0.25, -0.2) is 9.97 Å². The molecule has 0 amide bonds. The van der Waals surface area contributed by atoms with Crippen molar-refractivity contribution < 1.29 is 13.2 Å². The Kier molecular flexibility index (Phi) is 4.52. The van der Waals surface area contributed by atoms with Crippen molar-refractivity contribution in [2.24, 2.45) is 0 Å². The van der Waals surface area contributed by atoms with Crippen LogP contribution in [0.1, 0.15) is 16.8 Å². The van der Waals surface area contributed by atoms with Crippen molar-refractivity contribution in [1.82, 2.24) is 14.4 Å². The zero-order valence-corrected chi connectivity index (χ0v) is 15.7. The number of pyridine rings is 2. The second-order valence-electron chi connectivity index (χ2n) is 6.12. The van der Waals surface area contributed by atoms with Crippen LogP contribution in [0.4, 0.5) is 13.2 Å². The second-order valence-corrected chi connectivity index (χ2v) is 7.52. The fourth-order valence-corrected chi connectivity index (χ4v) is 3.99. The number of para-hydroxylation sites is 1. The van der Waals surface area contributed by atoms with Crippen LogP contribution in [0.3, 0.4) is 0 Å². The maximum absolute atomic E-state index is 12.9. The minimum absolute atomic E-state index is 0.0271. The van der Waals surface area contributed by atoms with E-state index in [0.717, 1.165) is 33.8 Å². The van der Waals surface area contributed by atoms with E-state index in [2.05, 4.69) is 9.97 Å². The summed E-state index contributed by atoms with van der Waals surface area (Å²) in [5.74, 6) is 0.476. The van der Waals surface area contributed by atoms with E-state index in [-0.39, 0.29) is 5.02 Å². The van der Waals surface area contributed by atoms with Gasteiger partial charge in [-0.05, 0) is 30.7 Å². The van der Waals surface area contributed by atoms with Gasteiger partial charge in [0.15, 0.2) is 5.65 Å². The first-order valence-corrected chi connectivity index (χ1v) is 9.41.